The molecule has 1 aromatic carbocycles. The summed E-state index contributed by atoms with van der Waals surface area (Å²) in [6, 6.07) is 4.73. The number of halogens is 1. The fraction of sp³-hybridized carbons (Fsp3) is 0.143. The molecule has 0 bridgehead atoms. The van der Waals surface area contributed by atoms with Crippen molar-refractivity contribution in [1.82, 2.24) is 4.98 Å². The molecule has 0 spiro atoms. The summed E-state index contributed by atoms with van der Waals surface area (Å²) in [6.07, 6.45) is 2.67. The number of phenols is 2. The zero-order valence-corrected chi connectivity index (χ0v) is 11.4. The predicted octanol–water partition coefficient (Wildman–Crippen LogP) is 2.58. The molecule has 0 fully saturated rings. The fourth-order valence-corrected chi connectivity index (χ4v) is 2.73. The number of ketones is 1. The fourth-order valence-electron chi connectivity index (χ4n) is 2.35. The normalized spacial score (nSPS) is 13.6. The number of hydrogen-bond acceptors (Lipinski definition) is 4. The first-order valence-electron chi connectivity index (χ1n) is 5.81. The van der Waals surface area contributed by atoms with E-state index in [4.69, 9.17) is 0 Å². The molecule has 2 aromatic rings. The lowest BCUT2D eigenvalue weighted by Gasteiger charge is -2.08. The quantitative estimate of drug-likeness (QED) is 0.732. The Morgan fingerprint density at radius 3 is 2.79 bits per heavy atom. The second-order valence-corrected chi connectivity index (χ2v) is 5.37. The number of pyridine rings is 1. The van der Waals surface area contributed by atoms with Gasteiger partial charge in [-0.05, 0) is 52.5 Å². The van der Waals surface area contributed by atoms with Crippen molar-refractivity contribution < 1.29 is 15.0 Å². The maximum atomic E-state index is 12.4. The van der Waals surface area contributed by atoms with Gasteiger partial charge >= 0.3 is 0 Å². The number of phenolic OH excluding ortho intramolecular Hbond substituents is 2. The summed E-state index contributed by atoms with van der Waals surface area (Å²) in [5.41, 5.74) is 2.14. The van der Waals surface area contributed by atoms with Gasteiger partial charge in [0, 0.05) is 21.8 Å². The summed E-state index contributed by atoms with van der Waals surface area (Å²) >= 11 is 3.33. The molecular formula is C14H10BrNO3. The second-order valence-electron chi connectivity index (χ2n) is 4.45. The van der Waals surface area contributed by atoms with Crippen LogP contribution < -0.4 is 0 Å². The van der Waals surface area contributed by atoms with Gasteiger partial charge in [0.2, 0.25) is 5.78 Å². The van der Waals surface area contributed by atoms with Crippen molar-refractivity contribution in [2.75, 3.05) is 0 Å². The molecule has 5 heteroatoms. The lowest BCUT2D eigenvalue weighted by molar-refractivity contribution is 0.103. The first-order valence-corrected chi connectivity index (χ1v) is 6.60. The Kier molecular flexibility index (Phi) is 2.78. The van der Waals surface area contributed by atoms with Crippen LogP contribution in [0.5, 0.6) is 11.5 Å². The molecule has 1 aromatic heterocycles. The summed E-state index contributed by atoms with van der Waals surface area (Å²) in [5.74, 6) is -0.630. The van der Waals surface area contributed by atoms with E-state index in [1.807, 2.05) is 6.07 Å². The van der Waals surface area contributed by atoms with Crippen LogP contribution in [0.2, 0.25) is 0 Å². The van der Waals surface area contributed by atoms with Gasteiger partial charge in [-0.25, -0.2) is 0 Å². The molecule has 3 rings (SSSR count). The van der Waals surface area contributed by atoms with E-state index in [2.05, 4.69) is 20.9 Å². The van der Waals surface area contributed by atoms with Crippen molar-refractivity contribution in [2.24, 2.45) is 0 Å². The average molecular weight is 320 g/mol. The van der Waals surface area contributed by atoms with Crippen molar-refractivity contribution in [3.05, 3.63) is 51.3 Å². The van der Waals surface area contributed by atoms with Gasteiger partial charge in [-0.15, -0.1) is 0 Å². The zero-order valence-electron chi connectivity index (χ0n) is 9.85. The SMILES string of the molecule is O=C1c2ccc(O)c(O)c2CCc2cc(Br)cnc21. The van der Waals surface area contributed by atoms with E-state index < -0.39 is 0 Å². The number of fused-ring (bicyclic) bond motifs is 2. The average Bonchev–Trinajstić information content (AvgIpc) is 2.52. The molecule has 19 heavy (non-hydrogen) atoms. The highest BCUT2D eigenvalue weighted by Gasteiger charge is 2.25. The topological polar surface area (TPSA) is 70.4 Å². The summed E-state index contributed by atoms with van der Waals surface area (Å²) in [6.45, 7) is 0. The Labute approximate surface area is 117 Å². The van der Waals surface area contributed by atoms with Crippen LogP contribution in [0, 0.1) is 0 Å². The van der Waals surface area contributed by atoms with Gasteiger partial charge in [-0.3, -0.25) is 9.78 Å². The zero-order chi connectivity index (χ0) is 13.6. The van der Waals surface area contributed by atoms with Crippen LogP contribution in [0.3, 0.4) is 0 Å². The van der Waals surface area contributed by atoms with E-state index in [1.165, 1.54) is 12.1 Å². The number of aryl methyl sites for hydroxylation is 1. The minimum Gasteiger partial charge on any atom is -0.504 e. The van der Waals surface area contributed by atoms with Crippen LogP contribution in [0.15, 0.2) is 28.9 Å². The minimum absolute atomic E-state index is 0.202. The number of rotatable bonds is 0. The van der Waals surface area contributed by atoms with Gasteiger partial charge in [0.25, 0.3) is 0 Å². The van der Waals surface area contributed by atoms with Crippen molar-refractivity contribution in [3.63, 3.8) is 0 Å². The number of nitrogens with zero attached hydrogens (tertiary/aromatic N) is 1. The standard InChI is InChI=1S/C14H10BrNO3/c15-8-5-7-1-2-9-10(3-4-11(17)13(9)18)14(19)12(7)16-6-8/h3-6,17-18H,1-2H2. The van der Waals surface area contributed by atoms with E-state index in [0.29, 0.717) is 29.7 Å². The molecule has 0 radical (unpaired) electrons. The largest absolute Gasteiger partial charge is 0.504 e. The summed E-state index contributed by atoms with van der Waals surface area (Å²) in [4.78, 5) is 16.6. The van der Waals surface area contributed by atoms with Gasteiger partial charge < -0.3 is 10.2 Å². The molecule has 1 aliphatic carbocycles. The molecule has 2 N–H and O–H groups in total. The number of carbonyl (C=O) groups is 1. The first kappa shape index (κ1) is 12.2. The number of aromatic hydroxyl groups is 2. The second kappa shape index (κ2) is 4.35. The van der Waals surface area contributed by atoms with Gasteiger partial charge in [0.1, 0.15) is 5.69 Å². The third-order valence-electron chi connectivity index (χ3n) is 3.30. The van der Waals surface area contributed by atoms with Crippen molar-refractivity contribution in [3.8, 4) is 11.5 Å². The molecule has 0 atom stereocenters. The number of hydrogen-bond donors (Lipinski definition) is 2. The first-order chi connectivity index (χ1) is 9.08. The van der Waals surface area contributed by atoms with Gasteiger partial charge in [-0.2, -0.15) is 0 Å². The lowest BCUT2D eigenvalue weighted by Crippen LogP contribution is -2.06. The van der Waals surface area contributed by atoms with Gasteiger partial charge in [0.05, 0.1) is 0 Å². The molecule has 0 unspecified atom stereocenters. The summed E-state index contributed by atoms with van der Waals surface area (Å²) < 4.78 is 0.817. The molecule has 1 heterocycles. The summed E-state index contributed by atoms with van der Waals surface area (Å²) in [5, 5.41) is 19.4. The number of aromatic nitrogens is 1. The maximum absolute atomic E-state index is 12.4. The smallest absolute Gasteiger partial charge is 0.212 e. The highest BCUT2D eigenvalue weighted by Crippen LogP contribution is 2.35. The molecular weight excluding hydrogens is 310 g/mol. The molecule has 96 valence electrons. The molecule has 0 amide bonds. The van der Waals surface area contributed by atoms with E-state index in [1.54, 1.807) is 6.20 Å². The third-order valence-corrected chi connectivity index (χ3v) is 3.73. The van der Waals surface area contributed by atoms with E-state index >= 15 is 0 Å². The van der Waals surface area contributed by atoms with Gasteiger partial charge in [0.15, 0.2) is 11.5 Å². The lowest BCUT2D eigenvalue weighted by atomic mass is 10.00. The van der Waals surface area contributed by atoms with Crippen LogP contribution in [0.4, 0.5) is 0 Å². The molecule has 0 saturated carbocycles. The Hall–Kier alpha value is -1.88. The number of carbonyl (C=O) groups excluding carboxylic acids is 1. The van der Waals surface area contributed by atoms with Crippen molar-refractivity contribution in [1.29, 1.82) is 0 Å². The minimum atomic E-state index is -0.217. The van der Waals surface area contributed by atoms with Crippen LogP contribution in [-0.4, -0.2) is 21.0 Å². The number of benzene rings is 1. The maximum Gasteiger partial charge on any atom is 0.212 e. The van der Waals surface area contributed by atoms with Crippen molar-refractivity contribution >= 4 is 21.7 Å². The van der Waals surface area contributed by atoms with Crippen molar-refractivity contribution in [2.45, 2.75) is 12.8 Å². The Bertz CT molecular complexity index is 697. The molecule has 4 nitrogen and oxygen atoms in total. The van der Waals surface area contributed by atoms with Crippen LogP contribution in [0.1, 0.15) is 27.2 Å². The van der Waals surface area contributed by atoms with Crippen LogP contribution in [-0.2, 0) is 12.8 Å². The third kappa shape index (κ3) is 1.90. The summed E-state index contributed by atoms with van der Waals surface area (Å²) in [7, 11) is 0. The molecule has 0 aliphatic heterocycles. The van der Waals surface area contributed by atoms with E-state index in [9.17, 15) is 15.0 Å². The van der Waals surface area contributed by atoms with Crippen LogP contribution >= 0.6 is 15.9 Å². The van der Waals surface area contributed by atoms with Crippen LogP contribution in [0.25, 0.3) is 0 Å². The Balaban J connectivity index is 2.22. The molecule has 1 aliphatic rings. The Morgan fingerprint density at radius 1 is 1.21 bits per heavy atom. The monoisotopic (exact) mass is 319 g/mol. The van der Waals surface area contributed by atoms with Gasteiger partial charge in [-0.1, -0.05) is 0 Å². The highest BCUT2D eigenvalue weighted by molar-refractivity contribution is 9.10. The van der Waals surface area contributed by atoms with E-state index in [0.717, 1.165) is 10.0 Å². The van der Waals surface area contributed by atoms with E-state index in [-0.39, 0.29) is 17.3 Å². The Morgan fingerprint density at radius 2 is 2.00 bits per heavy atom. The highest BCUT2D eigenvalue weighted by atomic mass is 79.9. The molecule has 0 saturated heterocycles. The predicted molar refractivity (Wildman–Crippen MR) is 72.5 cm³/mol.